The third kappa shape index (κ3) is 4.95. The van der Waals surface area contributed by atoms with Crippen LogP contribution in [-0.4, -0.2) is 51.3 Å². The Morgan fingerprint density at radius 3 is 2.56 bits per heavy atom. The van der Waals surface area contributed by atoms with Crippen molar-refractivity contribution in [2.24, 2.45) is 5.92 Å². The number of nitrogens with one attached hydrogen (secondary N) is 1. The van der Waals surface area contributed by atoms with Crippen LogP contribution < -0.4 is 30.5 Å². The summed E-state index contributed by atoms with van der Waals surface area (Å²) >= 11 is 0. The minimum atomic E-state index is -0.429. The minimum absolute atomic E-state index is 0.257. The quantitative estimate of drug-likeness (QED) is 0.432. The van der Waals surface area contributed by atoms with E-state index in [0.717, 1.165) is 62.3 Å². The van der Waals surface area contributed by atoms with Gasteiger partial charge in [0.15, 0.2) is 0 Å². The van der Waals surface area contributed by atoms with Gasteiger partial charge in [-0.3, -0.25) is 9.59 Å². The molecule has 3 aromatic rings. The molecule has 5 rings (SSSR count). The highest BCUT2D eigenvalue weighted by Gasteiger charge is 2.32. The lowest BCUT2D eigenvalue weighted by Crippen LogP contribution is -2.42. The normalized spacial score (nSPS) is 16.3. The third-order valence-electron chi connectivity index (χ3n) is 7.40. The predicted molar refractivity (Wildman–Crippen MR) is 139 cm³/mol. The monoisotopic (exact) mass is 493 g/mol. The van der Waals surface area contributed by atoms with Gasteiger partial charge < -0.3 is 24.6 Å². The summed E-state index contributed by atoms with van der Waals surface area (Å²) in [4.78, 5) is 29.1. The summed E-state index contributed by atoms with van der Waals surface area (Å²) in [5.41, 5.74) is 2.08. The summed E-state index contributed by atoms with van der Waals surface area (Å²) in [5, 5.41) is 3.25. The van der Waals surface area contributed by atoms with E-state index in [-0.39, 0.29) is 5.82 Å². The number of hydrogen-bond acceptors (Lipinski definition) is 7. The average Bonchev–Trinajstić information content (AvgIpc) is 3.33. The van der Waals surface area contributed by atoms with Gasteiger partial charge in [0.05, 0.1) is 13.7 Å². The molecule has 1 saturated heterocycles. The van der Waals surface area contributed by atoms with Gasteiger partial charge in [-0.25, -0.2) is 4.39 Å². The van der Waals surface area contributed by atoms with Crippen molar-refractivity contribution in [3.05, 3.63) is 74.3 Å². The molecule has 0 aromatic heterocycles. The summed E-state index contributed by atoms with van der Waals surface area (Å²) in [6.07, 6.45) is 3.97. The van der Waals surface area contributed by atoms with Gasteiger partial charge in [-0.2, -0.15) is 0 Å². The minimum Gasteiger partial charge on any atom is -0.496 e. The van der Waals surface area contributed by atoms with Crippen molar-refractivity contribution in [2.75, 3.05) is 56.7 Å². The molecule has 0 atom stereocenters. The Labute approximate surface area is 210 Å². The number of benzene rings is 2. The lowest BCUT2D eigenvalue weighted by Gasteiger charge is -2.32. The molecule has 0 bridgehead atoms. The van der Waals surface area contributed by atoms with Crippen LogP contribution >= 0.6 is 0 Å². The highest BCUT2D eigenvalue weighted by atomic mass is 19.1. The Hall–Kier alpha value is -3.39. The summed E-state index contributed by atoms with van der Waals surface area (Å²) in [6.45, 7) is 4.74. The molecule has 36 heavy (non-hydrogen) atoms. The van der Waals surface area contributed by atoms with Crippen molar-refractivity contribution < 1.29 is 13.9 Å². The molecular formula is C28H32FN3O4. The van der Waals surface area contributed by atoms with E-state index in [4.69, 9.17) is 9.47 Å². The molecule has 0 saturated carbocycles. The standard InChI is InChI=1S/C28H32FN3O4/c1-35-24-4-2-3-23-22(24)11-16-32(23)26-25(27(33)28(26)34)30-13-17-31-14-9-19(10-15-31)12-18-36-21-7-5-20(29)6-8-21/h2-8,19,30H,9-18H2,1H3. The number of piperidine rings is 1. The van der Waals surface area contributed by atoms with Gasteiger partial charge >= 0.3 is 0 Å². The first-order valence-electron chi connectivity index (χ1n) is 12.7. The van der Waals surface area contributed by atoms with E-state index in [2.05, 4.69) is 10.2 Å². The molecule has 0 aliphatic carbocycles. The summed E-state index contributed by atoms with van der Waals surface area (Å²) in [5.74, 6) is 1.87. The molecule has 2 aliphatic rings. The van der Waals surface area contributed by atoms with Crippen LogP contribution in [0.15, 0.2) is 52.1 Å². The molecule has 1 N–H and O–H groups in total. The van der Waals surface area contributed by atoms with Crippen LogP contribution in [0.1, 0.15) is 24.8 Å². The maximum absolute atomic E-state index is 13.0. The molecule has 0 amide bonds. The van der Waals surface area contributed by atoms with Gasteiger partial charge in [-0.15, -0.1) is 0 Å². The van der Waals surface area contributed by atoms with Crippen molar-refractivity contribution in [3.8, 4) is 11.5 Å². The Morgan fingerprint density at radius 2 is 1.81 bits per heavy atom. The number of nitrogens with zero attached hydrogens (tertiary/aromatic N) is 2. The topological polar surface area (TPSA) is 71.1 Å². The Morgan fingerprint density at radius 1 is 1.03 bits per heavy atom. The van der Waals surface area contributed by atoms with Gasteiger partial charge in [0.1, 0.15) is 28.7 Å². The van der Waals surface area contributed by atoms with Gasteiger partial charge in [0, 0.05) is 30.9 Å². The molecule has 3 aromatic carbocycles. The highest BCUT2D eigenvalue weighted by molar-refractivity contribution is 5.83. The van der Waals surface area contributed by atoms with Crippen LogP contribution in [0.4, 0.5) is 21.5 Å². The number of hydrogen-bond donors (Lipinski definition) is 1. The number of likely N-dealkylation sites (tertiary alicyclic amines) is 1. The molecule has 0 spiro atoms. The van der Waals surface area contributed by atoms with Crippen LogP contribution in [0, 0.1) is 11.7 Å². The fraction of sp³-hybridized carbons (Fsp3) is 0.429. The second-order valence-corrected chi connectivity index (χ2v) is 9.54. The molecule has 2 aliphatic heterocycles. The van der Waals surface area contributed by atoms with Crippen molar-refractivity contribution in [3.63, 3.8) is 0 Å². The number of methoxy groups -OCH3 is 1. The van der Waals surface area contributed by atoms with Crippen LogP contribution in [0.5, 0.6) is 11.5 Å². The van der Waals surface area contributed by atoms with Crippen molar-refractivity contribution in [1.29, 1.82) is 0 Å². The van der Waals surface area contributed by atoms with Crippen LogP contribution in [0.25, 0.3) is 0 Å². The maximum atomic E-state index is 13.0. The zero-order valence-corrected chi connectivity index (χ0v) is 20.6. The highest BCUT2D eigenvalue weighted by Crippen LogP contribution is 2.40. The molecule has 0 unspecified atom stereocenters. The number of anilines is 3. The number of fused-ring (bicyclic) bond motifs is 1. The first-order chi connectivity index (χ1) is 17.5. The maximum Gasteiger partial charge on any atom is 0.253 e. The molecule has 190 valence electrons. The van der Waals surface area contributed by atoms with E-state index in [0.29, 0.717) is 42.7 Å². The van der Waals surface area contributed by atoms with Gasteiger partial charge in [0.2, 0.25) is 0 Å². The Bertz CT molecular complexity index is 1260. The molecule has 1 fully saturated rings. The van der Waals surface area contributed by atoms with Crippen LogP contribution in [0.3, 0.4) is 0 Å². The van der Waals surface area contributed by atoms with E-state index >= 15 is 0 Å². The molecule has 7 nitrogen and oxygen atoms in total. The van der Waals surface area contributed by atoms with E-state index < -0.39 is 10.9 Å². The largest absolute Gasteiger partial charge is 0.496 e. The second-order valence-electron chi connectivity index (χ2n) is 9.54. The number of halogens is 1. The lowest BCUT2D eigenvalue weighted by molar-refractivity contribution is 0.167. The van der Waals surface area contributed by atoms with E-state index in [1.165, 1.54) is 12.1 Å². The summed E-state index contributed by atoms with van der Waals surface area (Å²) in [7, 11) is 1.65. The van der Waals surface area contributed by atoms with Crippen molar-refractivity contribution >= 4 is 17.1 Å². The van der Waals surface area contributed by atoms with E-state index in [1.54, 1.807) is 19.2 Å². The fourth-order valence-corrected chi connectivity index (χ4v) is 5.34. The third-order valence-corrected chi connectivity index (χ3v) is 7.40. The summed E-state index contributed by atoms with van der Waals surface area (Å²) < 4.78 is 24.2. The molecule has 0 radical (unpaired) electrons. The first-order valence-corrected chi connectivity index (χ1v) is 12.7. The van der Waals surface area contributed by atoms with E-state index in [1.807, 2.05) is 23.1 Å². The zero-order chi connectivity index (χ0) is 25.1. The van der Waals surface area contributed by atoms with Crippen LogP contribution in [0.2, 0.25) is 0 Å². The van der Waals surface area contributed by atoms with Crippen LogP contribution in [-0.2, 0) is 6.42 Å². The second kappa shape index (κ2) is 10.7. The van der Waals surface area contributed by atoms with E-state index in [9.17, 15) is 14.0 Å². The Kier molecular flexibility index (Phi) is 7.23. The smallest absolute Gasteiger partial charge is 0.253 e. The lowest BCUT2D eigenvalue weighted by atomic mass is 9.94. The molecular weight excluding hydrogens is 461 g/mol. The van der Waals surface area contributed by atoms with Gasteiger partial charge in [0.25, 0.3) is 10.9 Å². The molecule has 8 heteroatoms. The van der Waals surface area contributed by atoms with Crippen molar-refractivity contribution in [1.82, 2.24) is 4.90 Å². The summed E-state index contributed by atoms with van der Waals surface area (Å²) in [6, 6.07) is 11.9. The fourth-order valence-electron chi connectivity index (χ4n) is 5.34. The SMILES string of the molecule is COc1cccc2c1CCN2c1c(NCCN2CCC(CCOc3ccc(F)cc3)CC2)c(=O)c1=O. The zero-order valence-electron chi connectivity index (χ0n) is 20.6. The van der Waals surface area contributed by atoms with Gasteiger partial charge in [-0.05, 0) is 81.1 Å². The van der Waals surface area contributed by atoms with Crippen molar-refractivity contribution in [2.45, 2.75) is 25.7 Å². The first kappa shape index (κ1) is 24.3. The number of ether oxygens (including phenoxy) is 2. The number of rotatable bonds is 10. The average molecular weight is 494 g/mol. The molecule has 2 heterocycles. The predicted octanol–water partition coefficient (Wildman–Crippen LogP) is 3.72. The Balaban J connectivity index is 1.08. The van der Waals surface area contributed by atoms with Gasteiger partial charge in [-0.1, -0.05) is 6.07 Å².